The number of nitro benzene ring substituents is 4. The fourth-order valence-corrected chi connectivity index (χ4v) is 10.6. The van der Waals surface area contributed by atoms with Crippen molar-refractivity contribution in [3.05, 3.63) is 75.8 Å². The number of nitro groups is 4. The van der Waals surface area contributed by atoms with E-state index in [2.05, 4.69) is 23.6 Å². The summed E-state index contributed by atoms with van der Waals surface area (Å²) in [5.74, 6) is -1.45. The van der Waals surface area contributed by atoms with Crippen LogP contribution < -0.4 is 5.32 Å². The van der Waals surface area contributed by atoms with Gasteiger partial charge in [-0.25, -0.2) is 0 Å². The van der Waals surface area contributed by atoms with Crippen LogP contribution in [0.1, 0.15) is 82.8 Å². The number of hydrogen-bond acceptors (Lipinski definition) is 15. The number of likely N-dealkylation sites (tertiary alicyclic amines) is 2. The van der Waals surface area contributed by atoms with Gasteiger partial charge in [-0.2, -0.15) is 0 Å². The fourth-order valence-electron chi connectivity index (χ4n) is 8.62. The van der Waals surface area contributed by atoms with E-state index in [4.69, 9.17) is 9.26 Å². The van der Waals surface area contributed by atoms with Crippen LogP contribution in [0.5, 0.6) is 0 Å². The minimum absolute atomic E-state index is 0.0152. The van der Waals surface area contributed by atoms with Crippen molar-refractivity contribution < 1.29 is 48.1 Å². The molecule has 2 aromatic carbocycles. The molecule has 2 aromatic rings. The van der Waals surface area contributed by atoms with Gasteiger partial charge in [0.25, 0.3) is 28.7 Å². The molecule has 1 N–H and O–H groups in total. The zero-order chi connectivity index (χ0) is 47.0. The Balaban J connectivity index is 1.24. The Bertz CT molecular complexity index is 2150. The molecule has 0 spiro atoms. The van der Waals surface area contributed by atoms with Crippen molar-refractivity contribution in [1.82, 2.24) is 20.0 Å². The molecule has 346 valence electrons. The molecular weight excluding hydrogens is 859 g/mol. The van der Waals surface area contributed by atoms with E-state index in [9.17, 15) is 59.6 Å². The smallest absolute Gasteiger partial charge is 0.280 e. The van der Waals surface area contributed by atoms with Crippen LogP contribution in [-0.4, -0.2) is 130 Å². The number of carbonyl (C=O) groups excluding carboxylic acids is 4. The van der Waals surface area contributed by atoms with Crippen LogP contribution in [0.25, 0.3) is 11.1 Å². The van der Waals surface area contributed by atoms with Crippen LogP contribution in [0.4, 0.5) is 22.7 Å². The molecular formula is C40H53N9O14Si. The van der Waals surface area contributed by atoms with Crippen LogP contribution in [0.2, 0.25) is 19.1 Å². The summed E-state index contributed by atoms with van der Waals surface area (Å²) in [4.78, 5) is 109. The van der Waals surface area contributed by atoms with Gasteiger partial charge < -0.3 is 29.3 Å². The lowest BCUT2D eigenvalue weighted by Gasteiger charge is -2.33. The number of nitrogens with one attached hydrogen (secondary N) is 1. The molecule has 0 aromatic heterocycles. The Hall–Kier alpha value is -6.43. The van der Waals surface area contributed by atoms with Crippen LogP contribution in [0.3, 0.4) is 0 Å². The number of hydrogen-bond donors (Lipinski definition) is 1. The first-order valence-corrected chi connectivity index (χ1v) is 24.4. The second-order valence-electron chi connectivity index (χ2n) is 16.5. The van der Waals surface area contributed by atoms with E-state index in [1.54, 1.807) is 11.9 Å². The summed E-state index contributed by atoms with van der Waals surface area (Å²) < 4.78 is 5.83. The summed E-state index contributed by atoms with van der Waals surface area (Å²) in [6, 6.07) is 2.26. The van der Waals surface area contributed by atoms with Crippen LogP contribution in [-0.2, 0) is 28.4 Å². The zero-order valence-electron chi connectivity index (χ0n) is 36.4. The number of rotatable bonds is 21. The summed E-state index contributed by atoms with van der Waals surface area (Å²) in [6.07, 6.45) is 3.43. The van der Waals surface area contributed by atoms with Gasteiger partial charge in [0.15, 0.2) is 8.32 Å². The lowest BCUT2D eigenvalue weighted by atomic mass is 10.0. The lowest BCUT2D eigenvalue weighted by Crippen LogP contribution is -2.54. The highest BCUT2D eigenvalue weighted by atomic mass is 28.4. The van der Waals surface area contributed by atoms with Crippen LogP contribution in [0.15, 0.2) is 29.4 Å². The van der Waals surface area contributed by atoms with Gasteiger partial charge in [0, 0.05) is 70.5 Å². The molecule has 64 heavy (non-hydrogen) atoms. The monoisotopic (exact) mass is 911 g/mol. The Labute approximate surface area is 368 Å². The lowest BCUT2D eigenvalue weighted by molar-refractivity contribution is -0.390. The molecule has 3 unspecified atom stereocenters. The van der Waals surface area contributed by atoms with Gasteiger partial charge in [-0.05, 0) is 77.9 Å². The maximum absolute atomic E-state index is 14.1. The number of benzene rings is 2. The maximum Gasteiger partial charge on any atom is 0.280 e. The quantitative estimate of drug-likeness (QED) is 0.0622. The highest BCUT2D eigenvalue weighted by Gasteiger charge is 2.47. The summed E-state index contributed by atoms with van der Waals surface area (Å²) in [5, 5.41) is 55.5. The molecule has 24 heteroatoms. The predicted octanol–water partition coefficient (Wildman–Crippen LogP) is 5.21. The van der Waals surface area contributed by atoms with E-state index < -0.39 is 109 Å². The van der Waals surface area contributed by atoms with Gasteiger partial charge in [-0.3, -0.25) is 59.6 Å². The Morgan fingerprint density at radius 2 is 1.31 bits per heavy atom. The summed E-state index contributed by atoms with van der Waals surface area (Å²) in [6.45, 7) is 9.68. The van der Waals surface area contributed by atoms with Gasteiger partial charge in [0.1, 0.15) is 17.8 Å². The zero-order valence-corrected chi connectivity index (χ0v) is 37.4. The number of nitrogens with zero attached hydrogens (tertiary/aromatic N) is 8. The third kappa shape index (κ3) is 10.7. The van der Waals surface area contributed by atoms with Crippen molar-refractivity contribution in [2.24, 2.45) is 5.16 Å². The van der Waals surface area contributed by atoms with Gasteiger partial charge >= 0.3 is 0 Å². The second kappa shape index (κ2) is 20.8. The molecule has 1 aliphatic carbocycles. The number of unbranched alkanes of at least 4 members (excludes halogenated alkanes) is 2. The van der Waals surface area contributed by atoms with E-state index >= 15 is 0 Å². The van der Waals surface area contributed by atoms with Crippen molar-refractivity contribution in [3.63, 3.8) is 0 Å². The number of fused-ring (bicyclic) bond motifs is 3. The largest absolute Gasteiger partial charge is 0.418 e. The third-order valence-corrected chi connectivity index (χ3v) is 14.3. The van der Waals surface area contributed by atoms with Gasteiger partial charge in [0.2, 0.25) is 23.8 Å². The van der Waals surface area contributed by atoms with Crippen molar-refractivity contribution in [1.29, 1.82) is 0 Å². The Morgan fingerprint density at radius 1 is 0.797 bits per heavy atom. The molecule has 2 saturated heterocycles. The standard InChI is InChI=1S/C40H53N9O14Si/c1-6-62-64(4,5)24-12-20-41-32(50)15-8-7-9-21-43(3)39(52)30-13-10-23-45(30)40(53)31-14-11-22-44(31)38(51)25(2)63-42-37-35-28(48(58)59)18-16-26(46(54)55)33(35)34-27(47(56)57)17-19-29(36(34)37)49(60)61/h16-19,25,30-31H,6-15,20-24H2,1-5H3,(H,41,50). The minimum Gasteiger partial charge on any atom is -0.418 e. The van der Waals surface area contributed by atoms with E-state index in [1.807, 2.05) is 6.92 Å². The highest BCUT2D eigenvalue weighted by Crippen LogP contribution is 2.52. The van der Waals surface area contributed by atoms with Crippen molar-refractivity contribution in [2.75, 3.05) is 39.8 Å². The third-order valence-electron chi connectivity index (χ3n) is 11.7. The first kappa shape index (κ1) is 48.6. The van der Waals surface area contributed by atoms with Crippen molar-refractivity contribution in [3.8, 4) is 11.1 Å². The molecule has 23 nitrogen and oxygen atoms in total. The molecule has 3 aliphatic rings. The summed E-state index contributed by atoms with van der Waals surface area (Å²) in [7, 11) is -0.0338. The number of carbonyl (C=O) groups is 4. The first-order chi connectivity index (χ1) is 30.3. The molecule has 4 amide bonds. The summed E-state index contributed by atoms with van der Waals surface area (Å²) >= 11 is 0. The van der Waals surface area contributed by atoms with E-state index in [0.717, 1.165) is 43.2 Å². The van der Waals surface area contributed by atoms with Crippen molar-refractivity contribution in [2.45, 2.75) is 109 Å². The average molecular weight is 912 g/mol. The molecule has 3 atom stereocenters. The Morgan fingerprint density at radius 3 is 1.84 bits per heavy atom. The average Bonchev–Trinajstić information content (AvgIpc) is 4.01. The number of amides is 4. The highest BCUT2D eigenvalue weighted by molar-refractivity contribution is 6.71. The maximum atomic E-state index is 14.1. The van der Waals surface area contributed by atoms with Gasteiger partial charge in [-0.15, -0.1) is 0 Å². The van der Waals surface area contributed by atoms with Crippen LogP contribution in [0, 0.1) is 40.5 Å². The predicted molar refractivity (Wildman–Crippen MR) is 232 cm³/mol. The molecule has 0 saturated carbocycles. The van der Waals surface area contributed by atoms with E-state index in [1.165, 1.54) is 16.7 Å². The first-order valence-electron chi connectivity index (χ1n) is 21.2. The van der Waals surface area contributed by atoms with Crippen LogP contribution >= 0.6 is 0 Å². The molecule has 5 rings (SSSR count). The Kier molecular flexibility index (Phi) is 15.8. The molecule has 2 fully saturated rings. The molecule has 2 aliphatic heterocycles. The summed E-state index contributed by atoms with van der Waals surface area (Å²) in [5.41, 5.74) is -6.61. The second-order valence-corrected chi connectivity index (χ2v) is 20.8. The van der Waals surface area contributed by atoms with Crippen molar-refractivity contribution >= 4 is 60.4 Å². The number of likely N-dealkylation sites (N-methyl/N-ethyl adjacent to an activating group) is 1. The number of oxime groups is 1. The molecule has 0 radical (unpaired) electrons. The molecule has 0 bridgehead atoms. The van der Waals surface area contributed by atoms with Gasteiger partial charge in [0.05, 0.1) is 41.9 Å². The molecule has 2 heterocycles. The normalized spacial score (nSPS) is 17.0. The topological polar surface area (TPSA) is 293 Å². The minimum atomic E-state index is -1.70. The SMILES string of the molecule is CCO[Si](C)(C)CCCNC(=O)CCCCCN(C)C(=O)C1CCCN1C(=O)C1CCCN1C(=O)C(C)ON=C1c2c([N+](=O)[O-])ccc([N+](=O)[O-])c2-c2c([N+](=O)[O-])ccc([N+](=O)[O-])c21. The van der Waals surface area contributed by atoms with E-state index in [0.29, 0.717) is 58.2 Å². The van der Waals surface area contributed by atoms with E-state index in [-0.39, 0.29) is 31.3 Å². The van der Waals surface area contributed by atoms with Gasteiger partial charge in [-0.1, -0.05) is 11.6 Å². The fraction of sp³-hybridized carbons (Fsp3) is 0.575.